The second-order valence-corrected chi connectivity index (χ2v) is 6.14. The topological polar surface area (TPSA) is 66.0 Å². The number of rotatable bonds is 5. The molecule has 6 heteroatoms. The molecule has 0 aliphatic carbocycles. The van der Waals surface area contributed by atoms with E-state index < -0.39 is 18.0 Å². The number of nitrogens with one attached hydrogen (secondary N) is 1. The van der Waals surface area contributed by atoms with E-state index in [9.17, 15) is 4.79 Å². The maximum atomic E-state index is 11.7. The minimum absolute atomic E-state index is 0.228. The van der Waals surface area contributed by atoms with Crippen LogP contribution in [-0.2, 0) is 25.4 Å². The standard InChI is InChI=1S/C17H23NO5/c1-17(2,3)23-16(19)18-14-11-21-15(22-14)13-8-6-5-7-12(13)9-10-20-4/h5-8,11,15H,9-10H2,1-4H3,(H,18,19). The fourth-order valence-corrected chi connectivity index (χ4v) is 2.10. The van der Waals surface area contributed by atoms with Gasteiger partial charge in [-0.1, -0.05) is 24.3 Å². The molecule has 0 bridgehead atoms. The van der Waals surface area contributed by atoms with E-state index in [0.29, 0.717) is 6.61 Å². The smallest absolute Gasteiger partial charge is 0.414 e. The molecule has 6 nitrogen and oxygen atoms in total. The number of carbonyl (C=O) groups excluding carboxylic acids is 1. The summed E-state index contributed by atoms with van der Waals surface area (Å²) in [4.78, 5) is 11.7. The summed E-state index contributed by atoms with van der Waals surface area (Å²) in [7, 11) is 1.66. The summed E-state index contributed by atoms with van der Waals surface area (Å²) in [5.41, 5.74) is 1.41. The van der Waals surface area contributed by atoms with Crippen LogP contribution in [0.4, 0.5) is 4.79 Å². The Morgan fingerprint density at radius 1 is 1.30 bits per heavy atom. The number of ether oxygens (including phenoxy) is 4. The highest BCUT2D eigenvalue weighted by molar-refractivity contribution is 5.69. The van der Waals surface area contributed by atoms with E-state index in [1.165, 1.54) is 6.26 Å². The van der Waals surface area contributed by atoms with Gasteiger partial charge in [-0.3, -0.25) is 5.32 Å². The summed E-state index contributed by atoms with van der Waals surface area (Å²) >= 11 is 0. The maximum Gasteiger partial charge on any atom is 0.414 e. The fraction of sp³-hybridized carbons (Fsp3) is 0.471. The zero-order chi connectivity index (χ0) is 16.9. The van der Waals surface area contributed by atoms with E-state index in [1.54, 1.807) is 27.9 Å². The van der Waals surface area contributed by atoms with Gasteiger partial charge in [-0.2, -0.15) is 0 Å². The average Bonchev–Trinajstić information content (AvgIpc) is 2.91. The molecule has 126 valence electrons. The maximum absolute atomic E-state index is 11.7. The van der Waals surface area contributed by atoms with E-state index in [0.717, 1.165) is 17.5 Å². The molecule has 0 saturated heterocycles. The van der Waals surface area contributed by atoms with Gasteiger partial charge in [0.25, 0.3) is 6.29 Å². The summed E-state index contributed by atoms with van der Waals surface area (Å²) < 4.78 is 21.4. The first kappa shape index (κ1) is 17.1. The van der Waals surface area contributed by atoms with Gasteiger partial charge in [0.2, 0.25) is 5.88 Å². The lowest BCUT2D eigenvalue weighted by Crippen LogP contribution is -2.32. The lowest BCUT2D eigenvalue weighted by molar-refractivity contribution is -0.0392. The summed E-state index contributed by atoms with van der Waals surface area (Å²) in [6.07, 6.45) is 0.959. The predicted molar refractivity (Wildman–Crippen MR) is 84.4 cm³/mol. The van der Waals surface area contributed by atoms with Gasteiger partial charge in [0, 0.05) is 12.7 Å². The fourth-order valence-electron chi connectivity index (χ4n) is 2.10. The highest BCUT2D eigenvalue weighted by Crippen LogP contribution is 2.30. The Balaban J connectivity index is 1.95. The van der Waals surface area contributed by atoms with Gasteiger partial charge in [-0.25, -0.2) is 4.79 Å². The van der Waals surface area contributed by atoms with E-state index in [-0.39, 0.29) is 5.88 Å². The molecule has 0 radical (unpaired) electrons. The molecule has 1 aromatic carbocycles. The SMILES string of the molecule is COCCc1ccccc1C1OC=C(NC(=O)OC(C)(C)C)O1. The second kappa shape index (κ2) is 7.37. The van der Waals surface area contributed by atoms with Crippen LogP contribution in [-0.4, -0.2) is 25.4 Å². The van der Waals surface area contributed by atoms with E-state index in [1.807, 2.05) is 24.3 Å². The molecule has 1 aliphatic heterocycles. The first-order chi connectivity index (χ1) is 10.9. The first-order valence-corrected chi connectivity index (χ1v) is 7.48. The summed E-state index contributed by atoms with van der Waals surface area (Å²) in [5, 5.41) is 2.53. The van der Waals surface area contributed by atoms with Gasteiger partial charge in [0.15, 0.2) is 0 Å². The number of carbonyl (C=O) groups is 1. The highest BCUT2D eigenvalue weighted by Gasteiger charge is 2.26. The third-order valence-corrected chi connectivity index (χ3v) is 3.04. The van der Waals surface area contributed by atoms with Crippen molar-refractivity contribution in [3.63, 3.8) is 0 Å². The molecule has 1 amide bonds. The average molecular weight is 321 g/mol. The molecule has 23 heavy (non-hydrogen) atoms. The number of alkyl carbamates (subject to hydrolysis) is 1. The molecular formula is C17H23NO5. The van der Waals surface area contributed by atoms with Crippen molar-refractivity contribution < 1.29 is 23.7 Å². The largest absolute Gasteiger partial charge is 0.453 e. The van der Waals surface area contributed by atoms with Crippen LogP contribution in [0.2, 0.25) is 0 Å². The van der Waals surface area contributed by atoms with Crippen LogP contribution in [0.15, 0.2) is 36.4 Å². The van der Waals surface area contributed by atoms with Crippen molar-refractivity contribution in [3.8, 4) is 0 Å². The minimum Gasteiger partial charge on any atom is -0.453 e. The molecule has 0 saturated carbocycles. The van der Waals surface area contributed by atoms with Crippen molar-refractivity contribution in [1.29, 1.82) is 0 Å². The Labute approximate surface area is 136 Å². The van der Waals surface area contributed by atoms with Gasteiger partial charge >= 0.3 is 6.09 Å². The third kappa shape index (κ3) is 5.17. The first-order valence-electron chi connectivity index (χ1n) is 7.48. The Morgan fingerprint density at radius 2 is 2.04 bits per heavy atom. The van der Waals surface area contributed by atoms with Gasteiger partial charge in [-0.15, -0.1) is 0 Å². The molecule has 0 aromatic heterocycles. The molecule has 1 N–H and O–H groups in total. The van der Waals surface area contributed by atoms with Crippen molar-refractivity contribution >= 4 is 6.09 Å². The van der Waals surface area contributed by atoms with Crippen LogP contribution in [0.1, 0.15) is 38.2 Å². The van der Waals surface area contributed by atoms with Crippen LogP contribution in [0.3, 0.4) is 0 Å². The molecule has 0 spiro atoms. The van der Waals surface area contributed by atoms with Crippen LogP contribution in [0.5, 0.6) is 0 Å². The minimum atomic E-state index is -0.590. The Bertz CT molecular complexity index is 577. The number of amides is 1. The monoisotopic (exact) mass is 321 g/mol. The van der Waals surface area contributed by atoms with Gasteiger partial charge in [-0.05, 0) is 32.8 Å². The molecule has 1 aromatic rings. The van der Waals surface area contributed by atoms with E-state index in [4.69, 9.17) is 18.9 Å². The zero-order valence-corrected chi connectivity index (χ0v) is 13.9. The van der Waals surface area contributed by atoms with E-state index >= 15 is 0 Å². The number of hydrogen-bond acceptors (Lipinski definition) is 5. The molecule has 1 unspecified atom stereocenters. The number of benzene rings is 1. The van der Waals surface area contributed by atoms with Crippen molar-refractivity contribution in [2.24, 2.45) is 0 Å². The van der Waals surface area contributed by atoms with Crippen LogP contribution < -0.4 is 5.32 Å². The van der Waals surface area contributed by atoms with E-state index in [2.05, 4.69) is 5.32 Å². The van der Waals surface area contributed by atoms with Gasteiger partial charge < -0.3 is 18.9 Å². The third-order valence-electron chi connectivity index (χ3n) is 3.04. The summed E-state index contributed by atoms with van der Waals surface area (Å²) in [6.45, 7) is 5.99. The molecule has 1 aliphatic rings. The predicted octanol–water partition coefficient (Wildman–Crippen LogP) is 3.24. The Hall–Kier alpha value is -2.21. The lowest BCUT2D eigenvalue weighted by Gasteiger charge is -2.20. The van der Waals surface area contributed by atoms with Crippen molar-refractivity contribution in [2.45, 2.75) is 39.1 Å². The molecule has 1 heterocycles. The van der Waals surface area contributed by atoms with Crippen molar-refractivity contribution in [3.05, 3.63) is 47.5 Å². The molecule has 2 rings (SSSR count). The molecule has 0 fully saturated rings. The normalized spacial score (nSPS) is 17.0. The second-order valence-electron chi connectivity index (χ2n) is 6.14. The van der Waals surface area contributed by atoms with Gasteiger partial charge in [0.1, 0.15) is 11.9 Å². The van der Waals surface area contributed by atoms with Crippen molar-refractivity contribution in [2.75, 3.05) is 13.7 Å². The van der Waals surface area contributed by atoms with Crippen LogP contribution >= 0.6 is 0 Å². The molecule has 1 atom stereocenters. The Morgan fingerprint density at radius 3 is 2.74 bits per heavy atom. The van der Waals surface area contributed by atoms with Crippen molar-refractivity contribution in [1.82, 2.24) is 5.32 Å². The Kier molecular flexibility index (Phi) is 5.50. The van der Waals surface area contributed by atoms with Gasteiger partial charge in [0.05, 0.1) is 6.61 Å². The molecular weight excluding hydrogens is 298 g/mol. The highest BCUT2D eigenvalue weighted by atomic mass is 16.7. The number of methoxy groups -OCH3 is 1. The lowest BCUT2D eigenvalue weighted by atomic mass is 10.0. The van der Waals surface area contributed by atoms with Crippen LogP contribution in [0.25, 0.3) is 0 Å². The summed E-state index contributed by atoms with van der Waals surface area (Å²) in [5.74, 6) is 0.228. The zero-order valence-electron chi connectivity index (χ0n) is 13.9. The quantitative estimate of drug-likeness (QED) is 0.902. The number of hydrogen-bond donors (Lipinski definition) is 1. The summed E-state index contributed by atoms with van der Waals surface area (Å²) in [6, 6.07) is 7.80. The van der Waals surface area contributed by atoms with Crippen LogP contribution in [0, 0.1) is 0 Å².